The highest BCUT2D eigenvalue weighted by atomic mass is 16.4. The van der Waals surface area contributed by atoms with Crippen molar-refractivity contribution in [3.05, 3.63) is 82.0 Å². The van der Waals surface area contributed by atoms with Crippen LogP contribution in [0, 0.1) is 0 Å². The lowest BCUT2D eigenvalue weighted by Gasteiger charge is -2.31. The van der Waals surface area contributed by atoms with E-state index in [1.54, 1.807) is 48.8 Å². The normalized spacial score (nSPS) is 13.5. The van der Waals surface area contributed by atoms with E-state index in [1.165, 1.54) is 4.57 Å². The number of pyridine rings is 2. The summed E-state index contributed by atoms with van der Waals surface area (Å²) in [6, 6.07) is 11.8. The van der Waals surface area contributed by atoms with Crippen molar-refractivity contribution in [2.75, 3.05) is 23.3 Å². The zero-order valence-corrected chi connectivity index (χ0v) is 18.0. The maximum absolute atomic E-state index is 13.3. The number of anilines is 2. The van der Waals surface area contributed by atoms with Gasteiger partial charge in [0.1, 0.15) is 5.56 Å². The highest BCUT2D eigenvalue weighted by Gasteiger charge is 2.22. The number of nitrogens with two attached hydrogens (primary N) is 1. The second-order valence-corrected chi connectivity index (χ2v) is 7.87. The average molecular weight is 447 g/mol. The Labute approximate surface area is 190 Å². The summed E-state index contributed by atoms with van der Waals surface area (Å²) in [6.45, 7) is 1.83. The Hall–Kier alpha value is -4.14. The van der Waals surface area contributed by atoms with E-state index in [0.717, 1.165) is 32.4 Å². The first-order valence-electron chi connectivity index (χ1n) is 10.8. The molecule has 1 amide bonds. The number of aromatic nitrogens is 2. The van der Waals surface area contributed by atoms with E-state index < -0.39 is 17.4 Å². The number of rotatable bonds is 7. The Morgan fingerprint density at radius 2 is 1.85 bits per heavy atom. The van der Waals surface area contributed by atoms with Crippen molar-refractivity contribution >= 4 is 23.3 Å². The van der Waals surface area contributed by atoms with Crippen LogP contribution in [0.5, 0.6) is 0 Å². The number of piperidine rings is 1. The number of hydrogen-bond acceptors (Lipinski definition) is 6. The van der Waals surface area contributed by atoms with Crippen molar-refractivity contribution in [2.45, 2.75) is 25.8 Å². The molecule has 1 aliphatic heterocycles. The number of carboxylic acids is 1. The molecule has 0 aliphatic carbocycles. The van der Waals surface area contributed by atoms with Crippen LogP contribution in [0.4, 0.5) is 11.4 Å². The number of benzene rings is 1. The number of primary amides is 1. The maximum atomic E-state index is 13.3. The predicted octanol–water partition coefficient (Wildman–Crippen LogP) is 2.63. The van der Waals surface area contributed by atoms with Gasteiger partial charge in [-0.25, -0.2) is 4.79 Å². The molecule has 9 heteroatoms. The molecule has 2 aromatic heterocycles. The minimum absolute atomic E-state index is 0.211. The molecule has 0 unspecified atom stereocenters. The van der Waals surface area contributed by atoms with Gasteiger partial charge in [-0.05, 0) is 55.7 Å². The Morgan fingerprint density at radius 3 is 2.52 bits per heavy atom. The first-order valence-corrected chi connectivity index (χ1v) is 10.8. The van der Waals surface area contributed by atoms with Gasteiger partial charge in [0.25, 0.3) is 5.56 Å². The number of aromatic carboxylic acids is 1. The number of nitrogens with one attached hydrogen (secondary N) is 1. The molecule has 1 fully saturated rings. The van der Waals surface area contributed by atoms with Gasteiger partial charge in [0, 0.05) is 31.0 Å². The Morgan fingerprint density at radius 1 is 1.06 bits per heavy atom. The molecule has 33 heavy (non-hydrogen) atoms. The van der Waals surface area contributed by atoms with E-state index in [0.29, 0.717) is 22.6 Å². The highest BCUT2D eigenvalue weighted by Crippen LogP contribution is 2.28. The highest BCUT2D eigenvalue weighted by molar-refractivity contribution is 5.95. The summed E-state index contributed by atoms with van der Waals surface area (Å²) in [5.74, 6) is -1.89. The van der Waals surface area contributed by atoms with Crippen LogP contribution >= 0.6 is 0 Å². The third kappa shape index (κ3) is 4.72. The van der Waals surface area contributed by atoms with Crippen molar-refractivity contribution in [3.8, 4) is 5.69 Å². The summed E-state index contributed by atoms with van der Waals surface area (Å²) >= 11 is 0. The fraction of sp³-hybridized carbons (Fsp3) is 0.250. The van der Waals surface area contributed by atoms with Crippen molar-refractivity contribution in [1.29, 1.82) is 0 Å². The number of carbonyl (C=O) groups is 2. The van der Waals surface area contributed by atoms with Gasteiger partial charge in [-0.3, -0.25) is 19.1 Å². The van der Waals surface area contributed by atoms with Gasteiger partial charge in [0.2, 0.25) is 5.91 Å². The van der Waals surface area contributed by atoms with Crippen LogP contribution in [0.1, 0.15) is 45.7 Å². The van der Waals surface area contributed by atoms with E-state index in [2.05, 4.69) is 15.2 Å². The zero-order chi connectivity index (χ0) is 23.4. The second-order valence-electron chi connectivity index (χ2n) is 7.87. The monoisotopic (exact) mass is 447 g/mol. The molecule has 4 rings (SSSR count). The molecule has 1 saturated heterocycles. The summed E-state index contributed by atoms with van der Waals surface area (Å²) in [4.78, 5) is 43.4. The molecular weight excluding hydrogens is 422 g/mol. The molecule has 0 bridgehead atoms. The van der Waals surface area contributed by atoms with E-state index in [1.807, 2.05) is 6.07 Å². The Balaban J connectivity index is 1.77. The summed E-state index contributed by atoms with van der Waals surface area (Å²) in [6.07, 6.45) is 6.28. The quantitative estimate of drug-likeness (QED) is 0.507. The van der Waals surface area contributed by atoms with E-state index in [-0.39, 0.29) is 17.8 Å². The van der Waals surface area contributed by atoms with Crippen LogP contribution in [-0.4, -0.2) is 39.6 Å². The second kappa shape index (κ2) is 9.56. The van der Waals surface area contributed by atoms with E-state index >= 15 is 0 Å². The average Bonchev–Trinajstić information content (AvgIpc) is 2.83. The van der Waals surface area contributed by atoms with Crippen LogP contribution < -0.4 is 21.5 Å². The van der Waals surface area contributed by atoms with Crippen molar-refractivity contribution in [2.24, 2.45) is 5.73 Å². The summed E-state index contributed by atoms with van der Waals surface area (Å²) in [7, 11) is 0. The largest absolute Gasteiger partial charge is 0.477 e. The lowest BCUT2D eigenvalue weighted by Crippen LogP contribution is -2.33. The standard InChI is InChI=1S/C24H25N5O4/c25-22(30)16-7-8-19(20(14-16)28-11-4-1-5-12-28)29-13-9-18(21(23(29)31)24(32)33)27-15-17-6-2-3-10-26-17/h2-3,6-10,13-14,27H,1,4-5,11-12,15H2,(H2,25,30)(H,32,33). The molecule has 0 saturated carbocycles. The van der Waals surface area contributed by atoms with Crippen molar-refractivity contribution < 1.29 is 14.7 Å². The number of hydrogen-bond donors (Lipinski definition) is 3. The molecule has 3 heterocycles. The van der Waals surface area contributed by atoms with E-state index in [9.17, 15) is 19.5 Å². The zero-order valence-electron chi connectivity index (χ0n) is 18.0. The van der Waals surface area contributed by atoms with Crippen molar-refractivity contribution in [1.82, 2.24) is 9.55 Å². The van der Waals surface area contributed by atoms with Crippen LogP contribution in [0.15, 0.2) is 59.7 Å². The molecule has 170 valence electrons. The minimum atomic E-state index is -1.33. The fourth-order valence-electron chi connectivity index (χ4n) is 4.04. The van der Waals surface area contributed by atoms with Gasteiger partial charge in [-0.2, -0.15) is 0 Å². The number of nitrogens with zero attached hydrogens (tertiary/aromatic N) is 3. The molecule has 0 atom stereocenters. The van der Waals surface area contributed by atoms with Crippen LogP contribution in [0.2, 0.25) is 0 Å². The van der Waals surface area contributed by atoms with Gasteiger partial charge >= 0.3 is 5.97 Å². The Bertz CT molecular complexity index is 1230. The molecule has 0 radical (unpaired) electrons. The summed E-state index contributed by atoms with van der Waals surface area (Å²) < 4.78 is 1.31. The summed E-state index contributed by atoms with van der Waals surface area (Å²) in [5.41, 5.74) is 6.89. The lowest BCUT2D eigenvalue weighted by atomic mass is 10.1. The van der Waals surface area contributed by atoms with Gasteiger partial charge in [-0.15, -0.1) is 0 Å². The molecule has 9 nitrogen and oxygen atoms in total. The number of carbonyl (C=O) groups excluding carboxylic acids is 1. The third-order valence-electron chi connectivity index (χ3n) is 5.71. The van der Waals surface area contributed by atoms with Gasteiger partial charge < -0.3 is 21.1 Å². The SMILES string of the molecule is NC(=O)c1ccc(-n2ccc(NCc3ccccn3)c(C(=O)O)c2=O)c(N2CCCCC2)c1. The third-order valence-corrected chi connectivity index (χ3v) is 5.71. The Kier molecular flexibility index (Phi) is 6.39. The first kappa shape index (κ1) is 22.1. The number of amides is 1. The summed E-state index contributed by atoms with van der Waals surface area (Å²) in [5, 5.41) is 12.8. The minimum Gasteiger partial charge on any atom is -0.477 e. The van der Waals surface area contributed by atoms with Crippen molar-refractivity contribution in [3.63, 3.8) is 0 Å². The smallest absolute Gasteiger partial charge is 0.343 e. The van der Waals surface area contributed by atoms with Crippen LogP contribution in [-0.2, 0) is 6.54 Å². The fourth-order valence-corrected chi connectivity index (χ4v) is 4.04. The molecule has 1 aliphatic rings. The number of carboxylic acid groups (broad SMARTS) is 1. The molecule has 3 aromatic rings. The van der Waals surface area contributed by atoms with Crippen LogP contribution in [0.25, 0.3) is 5.69 Å². The molecule has 1 aromatic carbocycles. The lowest BCUT2D eigenvalue weighted by molar-refractivity contribution is 0.0695. The predicted molar refractivity (Wildman–Crippen MR) is 125 cm³/mol. The van der Waals surface area contributed by atoms with Gasteiger partial charge in [0.15, 0.2) is 0 Å². The van der Waals surface area contributed by atoms with Gasteiger partial charge in [-0.1, -0.05) is 6.07 Å². The van der Waals surface area contributed by atoms with E-state index in [4.69, 9.17) is 5.73 Å². The van der Waals surface area contributed by atoms with Gasteiger partial charge in [0.05, 0.1) is 29.3 Å². The molecular formula is C24H25N5O4. The molecule has 4 N–H and O–H groups in total. The van der Waals surface area contributed by atoms with Crippen LogP contribution in [0.3, 0.4) is 0 Å². The first-order chi connectivity index (χ1) is 16.0. The molecule has 0 spiro atoms. The topological polar surface area (TPSA) is 131 Å². The maximum Gasteiger partial charge on any atom is 0.343 e.